The molecule has 0 aliphatic rings. The van der Waals surface area contributed by atoms with Crippen molar-refractivity contribution in [1.82, 2.24) is 5.32 Å². The number of carbonyl (C=O) groups excluding carboxylic acids is 1. The summed E-state index contributed by atoms with van der Waals surface area (Å²) in [6.07, 6.45) is 5.45. The van der Waals surface area contributed by atoms with Gasteiger partial charge in [-0.15, -0.1) is 0 Å². The van der Waals surface area contributed by atoms with Crippen LogP contribution in [0, 0.1) is 5.82 Å². The summed E-state index contributed by atoms with van der Waals surface area (Å²) in [5, 5.41) is 2.99. The minimum Gasteiger partial charge on any atom is -0.494 e. The molecule has 1 amide bonds. The molecule has 0 aliphatic carbocycles. The van der Waals surface area contributed by atoms with Crippen molar-refractivity contribution in [3.8, 4) is 5.75 Å². The summed E-state index contributed by atoms with van der Waals surface area (Å²) in [5.41, 5.74) is 0.807. The van der Waals surface area contributed by atoms with Crippen molar-refractivity contribution in [1.29, 1.82) is 0 Å². The van der Waals surface area contributed by atoms with E-state index in [-0.39, 0.29) is 23.5 Å². The highest BCUT2D eigenvalue weighted by atomic mass is 19.1. The number of unbranched alkanes of at least 4 members (excludes halogenated alkanes) is 2. The summed E-state index contributed by atoms with van der Waals surface area (Å²) in [7, 11) is 1.44. The van der Waals surface area contributed by atoms with Crippen molar-refractivity contribution in [2.75, 3.05) is 7.11 Å². The molecule has 118 valence electrons. The first-order valence-electron chi connectivity index (χ1n) is 7.68. The lowest BCUT2D eigenvalue weighted by atomic mass is 10.1. The Balaban J connectivity index is 2.34. The van der Waals surface area contributed by atoms with Gasteiger partial charge in [-0.25, -0.2) is 4.39 Å². The van der Waals surface area contributed by atoms with E-state index in [9.17, 15) is 9.18 Å². The quantitative estimate of drug-likeness (QED) is 0.703. The smallest absolute Gasteiger partial charge is 0.220 e. The van der Waals surface area contributed by atoms with Crippen LogP contribution < -0.4 is 10.1 Å². The highest BCUT2D eigenvalue weighted by Crippen LogP contribution is 2.18. The van der Waals surface area contributed by atoms with Crippen LogP contribution in [0.3, 0.4) is 0 Å². The third-order valence-electron chi connectivity index (χ3n) is 3.51. The number of carbonyl (C=O) groups is 1. The number of methoxy groups -OCH3 is 1. The van der Waals surface area contributed by atoms with Crippen molar-refractivity contribution in [2.45, 2.75) is 58.4 Å². The van der Waals surface area contributed by atoms with Crippen LogP contribution in [0.5, 0.6) is 5.75 Å². The maximum Gasteiger partial charge on any atom is 0.220 e. The van der Waals surface area contributed by atoms with Crippen LogP contribution in [0.1, 0.15) is 51.5 Å². The number of rotatable bonds is 9. The fourth-order valence-corrected chi connectivity index (χ4v) is 2.24. The van der Waals surface area contributed by atoms with E-state index in [1.807, 2.05) is 6.92 Å². The molecule has 3 nitrogen and oxygen atoms in total. The lowest BCUT2D eigenvalue weighted by Crippen LogP contribution is -2.32. The second kappa shape index (κ2) is 9.37. The van der Waals surface area contributed by atoms with E-state index >= 15 is 0 Å². The monoisotopic (exact) mass is 295 g/mol. The molecule has 1 N–H and O–H groups in total. The average molecular weight is 295 g/mol. The lowest BCUT2D eigenvalue weighted by molar-refractivity contribution is -0.121. The van der Waals surface area contributed by atoms with E-state index in [1.165, 1.54) is 26.0 Å². The van der Waals surface area contributed by atoms with Crippen molar-refractivity contribution < 1.29 is 13.9 Å². The third-order valence-corrected chi connectivity index (χ3v) is 3.51. The topological polar surface area (TPSA) is 38.3 Å². The molecule has 0 spiro atoms. The SMILES string of the molecule is CCCCCC(C)NC(=O)CCc1ccc(OC)c(F)c1. The van der Waals surface area contributed by atoms with Gasteiger partial charge in [0.15, 0.2) is 11.6 Å². The molecule has 0 radical (unpaired) electrons. The minimum atomic E-state index is -0.386. The third kappa shape index (κ3) is 6.61. The number of aryl methyl sites for hydroxylation is 1. The van der Waals surface area contributed by atoms with E-state index in [0.717, 1.165) is 18.4 Å². The number of ether oxygens (including phenoxy) is 1. The Morgan fingerprint density at radius 2 is 2.14 bits per heavy atom. The van der Waals surface area contributed by atoms with Crippen LogP contribution >= 0.6 is 0 Å². The van der Waals surface area contributed by atoms with Gasteiger partial charge >= 0.3 is 0 Å². The first-order chi connectivity index (χ1) is 10.1. The van der Waals surface area contributed by atoms with Gasteiger partial charge in [-0.3, -0.25) is 4.79 Å². The summed E-state index contributed by atoms with van der Waals surface area (Å²) in [6.45, 7) is 4.19. The molecule has 4 heteroatoms. The maximum atomic E-state index is 13.5. The molecule has 1 rings (SSSR count). The van der Waals surface area contributed by atoms with E-state index in [4.69, 9.17) is 4.74 Å². The van der Waals surface area contributed by atoms with Gasteiger partial charge in [0, 0.05) is 12.5 Å². The van der Waals surface area contributed by atoms with Crippen molar-refractivity contribution in [3.05, 3.63) is 29.6 Å². The molecule has 0 aromatic heterocycles. The van der Waals surface area contributed by atoms with Crippen LogP contribution in [0.2, 0.25) is 0 Å². The molecule has 0 aliphatic heterocycles. The Bertz CT molecular complexity index is 448. The lowest BCUT2D eigenvalue weighted by Gasteiger charge is -2.13. The predicted octanol–water partition coefficient (Wildman–Crippen LogP) is 3.85. The van der Waals surface area contributed by atoms with E-state index in [0.29, 0.717) is 12.8 Å². The van der Waals surface area contributed by atoms with Crippen molar-refractivity contribution >= 4 is 5.91 Å². The average Bonchev–Trinajstić information content (AvgIpc) is 2.45. The van der Waals surface area contributed by atoms with Gasteiger partial charge in [0.2, 0.25) is 5.91 Å². The molecule has 0 saturated heterocycles. The fourth-order valence-electron chi connectivity index (χ4n) is 2.24. The normalized spacial score (nSPS) is 12.0. The van der Waals surface area contributed by atoms with Crippen LogP contribution in [0.25, 0.3) is 0 Å². The number of nitrogens with one attached hydrogen (secondary N) is 1. The van der Waals surface area contributed by atoms with Gasteiger partial charge in [-0.1, -0.05) is 32.3 Å². The summed E-state index contributed by atoms with van der Waals surface area (Å²) < 4.78 is 18.4. The molecule has 1 aromatic carbocycles. The summed E-state index contributed by atoms with van der Waals surface area (Å²) in [6, 6.07) is 5.02. The molecule has 0 saturated carbocycles. The molecule has 21 heavy (non-hydrogen) atoms. The van der Waals surface area contributed by atoms with E-state index in [2.05, 4.69) is 12.2 Å². The molecule has 0 bridgehead atoms. The van der Waals surface area contributed by atoms with Crippen molar-refractivity contribution in [3.63, 3.8) is 0 Å². The number of benzene rings is 1. The number of hydrogen-bond donors (Lipinski definition) is 1. The molecule has 0 heterocycles. The fraction of sp³-hybridized carbons (Fsp3) is 0.588. The molecular weight excluding hydrogens is 269 g/mol. The number of halogens is 1. The zero-order chi connectivity index (χ0) is 15.7. The Morgan fingerprint density at radius 1 is 1.38 bits per heavy atom. The first-order valence-corrected chi connectivity index (χ1v) is 7.68. The Labute approximate surface area is 126 Å². The van der Waals surface area contributed by atoms with E-state index in [1.54, 1.807) is 12.1 Å². The van der Waals surface area contributed by atoms with Crippen molar-refractivity contribution in [2.24, 2.45) is 0 Å². The zero-order valence-corrected chi connectivity index (χ0v) is 13.2. The predicted molar refractivity (Wildman–Crippen MR) is 83.0 cm³/mol. The van der Waals surface area contributed by atoms with Crippen LogP contribution in [-0.2, 0) is 11.2 Å². The Kier molecular flexibility index (Phi) is 7.80. The van der Waals surface area contributed by atoms with Crippen LogP contribution in [0.15, 0.2) is 18.2 Å². The molecule has 1 aromatic rings. The van der Waals surface area contributed by atoms with E-state index < -0.39 is 0 Å². The summed E-state index contributed by atoms with van der Waals surface area (Å²) in [4.78, 5) is 11.8. The molecule has 0 fully saturated rings. The zero-order valence-electron chi connectivity index (χ0n) is 13.2. The number of hydrogen-bond acceptors (Lipinski definition) is 2. The van der Waals surface area contributed by atoms with Gasteiger partial charge in [-0.2, -0.15) is 0 Å². The van der Waals surface area contributed by atoms with Gasteiger partial charge in [0.05, 0.1) is 7.11 Å². The second-order valence-electron chi connectivity index (χ2n) is 5.43. The Hall–Kier alpha value is -1.58. The maximum absolute atomic E-state index is 13.5. The van der Waals surface area contributed by atoms with Gasteiger partial charge < -0.3 is 10.1 Å². The molecule has 1 unspecified atom stereocenters. The molecule has 1 atom stereocenters. The van der Waals surface area contributed by atoms with Gasteiger partial charge in [-0.05, 0) is 37.5 Å². The highest BCUT2D eigenvalue weighted by molar-refractivity contribution is 5.76. The first kappa shape index (κ1) is 17.5. The molecular formula is C17H26FNO2. The largest absolute Gasteiger partial charge is 0.494 e. The summed E-state index contributed by atoms with van der Waals surface area (Å²) in [5.74, 6) is -0.133. The highest BCUT2D eigenvalue weighted by Gasteiger charge is 2.09. The summed E-state index contributed by atoms with van der Waals surface area (Å²) >= 11 is 0. The van der Waals surface area contributed by atoms with Crippen LogP contribution in [0.4, 0.5) is 4.39 Å². The minimum absolute atomic E-state index is 0.0234. The number of amides is 1. The second-order valence-corrected chi connectivity index (χ2v) is 5.43. The van der Waals surface area contributed by atoms with Gasteiger partial charge in [0.1, 0.15) is 0 Å². The standard InChI is InChI=1S/C17H26FNO2/c1-4-5-6-7-13(2)19-17(20)11-9-14-8-10-16(21-3)15(18)12-14/h8,10,12-13H,4-7,9,11H2,1-3H3,(H,19,20). The Morgan fingerprint density at radius 3 is 2.76 bits per heavy atom. The van der Waals surface area contributed by atoms with Crippen LogP contribution in [-0.4, -0.2) is 19.1 Å². The van der Waals surface area contributed by atoms with Gasteiger partial charge in [0.25, 0.3) is 0 Å².